The summed E-state index contributed by atoms with van der Waals surface area (Å²) in [4.78, 5) is 9.37. The van der Waals surface area contributed by atoms with E-state index in [1.54, 1.807) is 0 Å². The average molecular weight is 143 g/mol. The second-order valence-corrected chi connectivity index (χ2v) is 1.72. The quantitative estimate of drug-likeness (QED) is 0.123. The molecule has 1 heterocycles. The Hall–Kier alpha value is -1.52. The molecule has 1 aliphatic heterocycles. The maximum Gasteiger partial charge on any atom is 0.464 e. The zero-order valence-electron chi connectivity index (χ0n) is 4.87. The van der Waals surface area contributed by atoms with E-state index in [1.165, 1.54) is 0 Å². The van der Waals surface area contributed by atoms with E-state index in [-0.39, 0.29) is 0 Å². The van der Waals surface area contributed by atoms with Gasteiger partial charge in [-0.25, -0.2) is 16.9 Å². The molecular weight excluding hydrogens is 138 g/mol. The number of hydrogen-bond donors (Lipinski definition) is 3. The molecule has 7 heteroatoms. The Kier molecular flexibility index (Phi) is 1.14. The van der Waals surface area contributed by atoms with Gasteiger partial charge in [0, 0.05) is 6.04 Å². The van der Waals surface area contributed by atoms with E-state index in [0.29, 0.717) is 5.01 Å². The third-order valence-corrected chi connectivity index (χ3v) is 1.07. The summed E-state index contributed by atoms with van der Waals surface area (Å²) in [6.07, 6.45) is 0. The molecule has 1 unspecified atom stereocenters. The molecular formula is C3H5N5O2. The van der Waals surface area contributed by atoms with Crippen LogP contribution in [0.4, 0.5) is 0 Å². The van der Waals surface area contributed by atoms with E-state index >= 15 is 0 Å². The maximum absolute atomic E-state index is 10.2. The monoisotopic (exact) mass is 143 g/mol. The highest BCUT2D eigenvalue weighted by Crippen LogP contribution is 2.01. The Morgan fingerprint density at radius 3 is 2.60 bits per heavy atom. The summed E-state index contributed by atoms with van der Waals surface area (Å²) in [6.45, 7) is 0. The standard InChI is InChI=1S/C3H5N5O2/c4-3(8(9)10)6-1-2-7(3)5/h6H,4-5H2. The first-order chi connectivity index (χ1) is 4.57. The van der Waals surface area contributed by atoms with E-state index in [4.69, 9.17) is 11.6 Å². The van der Waals surface area contributed by atoms with Crippen molar-refractivity contribution < 1.29 is 4.92 Å². The van der Waals surface area contributed by atoms with E-state index < -0.39 is 10.8 Å². The van der Waals surface area contributed by atoms with Crippen molar-refractivity contribution in [2.24, 2.45) is 11.6 Å². The lowest BCUT2D eigenvalue weighted by molar-refractivity contribution is -0.601. The Morgan fingerprint density at radius 1 is 1.80 bits per heavy atom. The summed E-state index contributed by atoms with van der Waals surface area (Å²) in [5, 5.41) is 12.9. The van der Waals surface area contributed by atoms with Gasteiger partial charge in [-0.1, -0.05) is 0 Å². The fourth-order valence-corrected chi connectivity index (χ4v) is 0.459. The number of nitrogens with zero attached hydrogens (tertiary/aromatic N) is 2. The predicted octanol–water partition coefficient (Wildman–Crippen LogP) is -2.47. The highest BCUT2D eigenvalue weighted by Gasteiger charge is 2.45. The first-order valence-corrected chi connectivity index (χ1v) is 2.33. The predicted molar refractivity (Wildman–Crippen MR) is 30.9 cm³/mol. The lowest BCUT2D eigenvalue weighted by Crippen LogP contribution is -2.67. The van der Waals surface area contributed by atoms with Crippen molar-refractivity contribution in [3.63, 3.8) is 0 Å². The second kappa shape index (κ2) is 1.73. The molecule has 0 amide bonds. The molecule has 0 aromatic rings. The molecule has 0 bridgehead atoms. The average Bonchev–Trinajstić information content (AvgIpc) is 2.15. The van der Waals surface area contributed by atoms with Crippen molar-refractivity contribution >= 4 is 0 Å². The maximum atomic E-state index is 10.2. The summed E-state index contributed by atoms with van der Waals surface area (Å²) >= 11 is 0. The zero-order chi connectivity index (χ0) is 7.78. The van der Waals surface area contributed by atoms with Gasteiger partial charge in [0.25, 0.3) is 0 Å². The molecule has 0 aromatic carbocycles. The van der Waals surface area contributed by atoms with Gasteiger partial charge in [-0.15, -0.1) is 0 Å². The molecule has 5 N–H and O–H groups in total. The van der Waals surface area contributed by atoms with E-state index in [9.17, 15) is 10.1 Å². The van der Waals surface area contributed by atoms with Crippen molar-refractivity contribution in [2.45, 2.75) is 5.91 Å². The molecule has 10 heavy (non-hydrogen) atoms. The molecule has 1 rings (SSSR count). The highest BCUT2D eigenvalue weighted by molar-refractivity contribution is 5.06. The number of nitrogens with one attached hydrogen (secondary N) is 1. The lowest BCUT2D eigenvalue weighted by atomic mass is 10.6. The number of rotatable bonds is 1. The van der Waals surface area contributed by atoms with Crippen molar-refractivity contribution in [1.82, 2.24) is 10.3 Å². The fraction of sp³-hybridized carbons (Fsp3) is 0.333. The summed E-state index contributed by atoms with van der Waals surface area (Å²) in [7, 11) is 0. The topological polar surface area (TPSA) is 110 Å². The van der Waals surface area contributed by atoms with E-state index in [0.717, 1.165) is 0 Å². The van der Waals surface area contributed by atoms with Crippen LogP contribution < -0.4 is 16.9 Å². The van der Waals surface area contributed by atoms with Gasteiger partial charge < -0.3 is 0 Å². The smallest absolute Gasteiger partial charge is 0.259 e. The summed E-state index contributed by atoms with van der Waals surface area (Å²) in [5.74, 6) is 3.06. The summed E-state index contributed by atoms with van der Waals surface area (Å²) in [5.41, 5.74) is 5.11. The molecule has 7 nitrogen and oxygen atoms in total. The molecule has 0 aliphatic carbocycles. The van der Waals surface area contributed by atoms with Crippen LogP contribution in [0.1, 0.15) is 0 Å². The minimum Gasteiger partial charge on any atom is -0.259 e. The minimum absolute atomic E-state index is 0.604. The van der Waals surface area contributed by atoms with Crippen LogP contribution in [0.15, 0.2) is 0 Å². The van der Waals surface area contributed by atoms with Crippen molar-refractivity contribution in [3.8, 4) is 12.1 Å². The molecule has 1 atom stereocenters. The van der Waals surface area contributed by atoms with Crippen molar-refractivity contribution in [1.29, 1.82) is 0 Å². The lowest BCUT2D eigenvalue weighted by Gasteiger charge is -2.19. The van der Waals surface area contributed by atoms with Gasteiger partial charge in [0.15, 0.2) is 0 Å². The van der Waals surface area contributed by atoms with Crippen LogP contribution in [0.5, 0.6) is 0 Å². The van der Waals surface area contributed by atoms with Crippen LogP contribution in [0, 0.1) is 22.2 Å². The molecule has 0 fully saturated rings. The largest absolute Gasteiger partial charge is 0.464 e. The van der Waals surface area contributed by atoms with Gasteiger partial charge in [-0.2, -0.15) is 5.01 Å². The number of hydrogen-bond acceptors (Lipinski definition) is 6. The number of nitrogens with two attached hydrogens (primary N) is 2. The molecule has 54 valence electrons. The Labute approximate surface area is 56.1 Å². The zero-order valence-corrected chi connectivity index (χ0v) is 4.87. The third-order valence-electron chi connectivity index (χ3n) is 1.07. The van der Waals surface area contributed by atoms with Gasteiger partial charge in [-0.3, -0.25) is 10.1 Å². The summed E-state index contributed by atoms with van der Waals surface area (Å²) < 4.78 is 0. The molecule has 0 radical (unpaired) electrons. The summed E-state index contributed by atoms with van der Waals surface area (Å²) in [6, 6.07) is 4.35. The Morgan fingerprint density at radius 2 is 2.40 bits per heavy atom. The SMILES string of the molecule is NN1C#CNC1(N)[N+](=O)[O-]. The Bertz CT molecular complexity index is 229. The second-order valence-electron chi connectivity index (χ2n) is 1.72. The third kappa shape index (κ3) is 0.637. The van der Waals surface area contributed by atoms with Crippen LogP contribution in [-0.2, 0) is 0 Å². The first-order valence-electron chi connectivity index (χ1n) is 2.33. The van der Waals surface area contributed by atoms with Crippen LogP contribution in [0.3, 0.4) is 0 Å². The van der Waals surface area contributed by atoms with Gasteiger partial charge in [-0.05, 0) is 0 Å². The normalized spacial score (nSPS) is 28.8. The van der Waals surface area contributed by atoms with E-state index in [1.807, 2.05) is 0 Å². The van der Waals surface area contributed by atoms with Crippen LogP contribution >= 0.6 is 0 Å². The molecule has 0 saturated carbocycles. The van der Waals surface area contributed by atoms with Crippen LogP contribution in [-0.4, -0.2) is 15.8 Å². The Balaban J connectivity index is 2.82. The molecule has 0 saturated heterocycles. The van der Waals surface area contributed by atoms with Crippen molar-refractivity contribution in [3.05, 3.63) is 10.1 Å². The van der Waals surface area contributed by atoms with Crippen molar-refractivity contribution in [2.75, 3.05) is 0 Å². The van der Waals surface area contributed by atoms with Gasteiger partial charge in [0.1, 0.15) is 0 Å². The van der Waals surface area contributed by atoms with Crippen LogP contribution in [0.25, 0.3) is 0 Å². The first kappa shape index (κ1) is 6.60. The number of nitro groups is 1. The van der Waals surface area contributed by atoms with Gasteiger partial charge >= 0.3 is 5.91 Å². The molecule has 1 aliphatic rings. The van der Waals surface area contributed by atoms with Crippen LogP contribution in [0.2, 0.25) is 0 Å². The molecule has 0 spiro atoms. The number of hydrazine groups is 1. The minimum atomic E-state index is -1.99. The highest BCUT2D eigenvalue weighted by atomic mass is 16.6. The van der Waals surface area contributed by atoms with Gasteiger partial charge in [0.2, 0.25) is 0 Å². The molecule has 0 aromatic heterocycles. The fourth-order valence-electron chi connectivity index (χ4n) is 0.459. The van der Waals surface area contributed by atoms with Gasteiger partial charge in [0.05, 0.1) is 11.0 Å². The van der Waals surface area contributed by atoms with E-state index in [2.05, 4.69) is 17.4 Å².